The van der Waals surface area contributed by atoms with Crippen LogP contribution in [-0.2, 0) is 7.05 Å². The number of carbonyl (C=O) groups excluding carboxylic acids is 1. The van der Waals surface area contributed by atoms with Crippen molar-refractivity contribution in [1.29, 1.82) is 0 Å². The van der Waals surface area contributed by atoms with E-state index >= 15 is 0 Å². The zero-order valence-electron chi connectivity index (χ0n) is 10.9. The molecule has 5 heteroatoms. The van der Waals surface area contributed by atoms with Crippen molar-refractivity contribution in [2.45, 2.75) is 25.3 Å². The lowest BCUT2D eigenvalue weighted by molar-refractivity contribution is 0.0920. The van der Waals surface area contributed by atoms with Crippen LogP contribution in [0.2, 0.25) is 0 Å². The summed E-state index contributed by atoms with van der Waals surface area (Å²) in [6.07, 6.45) is 5.60. The summed E-state index contributed by atoms with van der Waals surface area (Å²) in [6, 6.07) is 2.33. The Hall–Kier alpha value is -0.810. The Bertz CT molecular complexity index is 430. The predicted molar refractivity (Wildman–Crippen MR) is 75.7 cm³/mol. The number of carbonyl (C=O) groups is 1. The zero-order valence-corrected chi connectivity index (χ0v) is 12.5. The van der Waals surface area contributed by atoms with Gasteiger partial charge in [-0.3, -0.25) is 4.79 Å². The molecule has 2 rings (SSSR count). The van der Waals surface area contributed by atoms with Gasteiger partial charge in [0.2, 0.25) is 0 Å². The number of aromatic nitrogens is 1. The molecule has 1 amide bonds. The van der Waals surface area contributed by atoms with Crippen molar-refractivity contribution < 1.29 is 4.79 Å². The Labute approximate surface area is 116 Å². The van der Waals surface area contributed by atoms with Gasteiger partial charge in [0.1, 0.15) is 5.69 Å². The monoisotopic (exact) mass is 313 g/mol. The number of amides is 1. The van der Waals surface area contributed by atoms with Crippen molar-refractivity contribution in [3.8, 4) is 0 Å². The molecular formula is C13H20BrN3O. The molecule has 1 aliphatic heterocycles. The van der Waals surface area contributed by atoms with Crippen molar-refractivity contribution in [3.63, 3.8) is 0 Å². The van der Waals surface area contributed by atoms with E-state index in [4.69, 9.17) is 0 Å². The molecule has 100 valence electrons. The Morgan fingerprint density at radius 1 is 1.50 bits per heavy atom. The normalized spacial score (nSPS) is 20.9. The molecule has 0 aromatic carbocycles. The fourth-order valence-electron chi connectivity index (χ4n) is 2.45. The van der Waals surface area contributed by atoms with Gasteiger partial charge < -0.3 is 14.8 Å². The van der Waals surface area contributed by atoms with Crippen LogP contribution in [-0.4, -0.2) is 41.6 Å². The van der Waals surface area contributed by atoms with Crippen LogP contribution >= 0.6 is 15.9 Å². The summed E-state index contributed by atoms with van der Waals surface area (Å²) in [5.74, 6) is 0.00201. The van der Waals surface area contributed by atoms with Crippen LogP contribution in [0.3, 0.4) is 0 Å². The second kappa shape index (κ2) is 5.89. The predicted octanol–water partition coefficient (Wildman–Crippen LogP) is 2.00. The summed E-state index contributed by atoms with van der Waals surface area (Å²) in [5.41, 5.74) is 0.695. The van der Waals surface area contributed by atoms with E-state index in [9.17, 15) is 4.79 Å². The number of hydrogen-bond acceptors (Lipinski definition) is 2. The number of nitrogens with zero attached hydrogens (tertiary/aromatic N) is 2. The Kier molecular flexibility index (Phi) is 4.45. The third-order valence-electron chi connectivity index (χ3n) is 3.62. The van der Waals surface area contributed by atoms with E-state index in [1.54, 1.807) is 0 Å². The number of hydrogen-bond donors (Lipinski definition) is 1. The van der Waals surface area contributed by atoms with Crippen molar-refractivity contribution in [2.24, 2.45) is 7.05 Å². The van der Waals surface area contributed by atoms with Crippen LogP contribution in [0.15, 0.2) is 16.7 Å². The molecule has 0 aliphatic carbocycles. The summed E-state index contributed by atoms with van der Waals surface area (Å²) in [7, 11) is 4.02. The number of likely N-dealkylation sites (tertiary alicyclic amines) is 1. The van der Waals surface area contributed by atoms with E-state index in [1.165, 1.54) is 19.3 Å². The minimum Gasteiger partial charge on any atom is -0.349 e. The van der Waals surface area contributed by atoms with Crippen LogP contribution in [0.25, 0.3) is 0 Å². The molecule has 18 heavy (non-hydrogen) atoms. The lowest BCUT2D eigenvalue weighted by Crippen LogP contribution is -2.44. The highest BCUT2D eigenvalue weighted by molar-refractivity contribution is 9.10. The summed E-state index contributed by atoms with van der Waals surface area (Å²) in [4.78, 5) is 14.4. The largest absolute Gasteiger partial charge is 0.349 e. The van der Waals surface area contributed by atoms with Crippen molar-refractivity contribution >= 4 is 21.8 Å². The minimum atomic E-state index is 0.00201. The van der Waals surface area contributed by atoms with Crippen LogP contribution in [0.4, 0.5) is 0 Å². The number of halogens is 1. The van der Waals surface area contributed by atoms with Crippen molar-refractivity contribution in [3.05, 3.63) is 22.4 Å². The average Bonchev–Trinajstić information content (AvgIpc) is 2.67. The second-order valence-corrected chi connectivity index (χ2v) is 5.91. The minimum absolute atomic E-state index is 0.00201. The molecule has 1 saturated heterocycles. The first-order valence-electron chi connectivity index (χ1n) is 6.38. The Morgan fingerprint density at radius 2 is 2.28 bits per heavy atom. The van der Waals surface area contributed by atoms with E-state index < -0.39 is 0 Å². The van der Waals surface area contributed by atoms with Gasteiger partial charge in [-0.25, -0.2) is 0 Å². The van der Waals surface area contributed by atoms with E-state index in [-0.39, 0.29) is 5.91 Å². The van der Waals surface area contributed by atoms with Gasteiger partial charge in [0.05, 0.1) is 0 Å². The molecule has 0 spiro atoms. The fourth-order valence-corrected chi connectivity index (χ4v) is 2.98. The lowest BCUT2D eigenvalue weighted by Gasteiger charge is -2.32. The number of nitrogens with one attached hydrogen (secondary N) is 1. The summed E-state index contributed by atoms with van der Waals surface area (Å²) >= 11 is 3.38. The van der Waals surface area contributed by atoms with Crippen LogP contribution in [0, 0.1) is 0 Å². The van der Waals surface area contributed by atoms with Crippen molar-refractivity contribution in [1.82, 2.24) is 14.8 Å². The Balaban J connectivity index is 1.90. The van der Waals surface area contributed by atoms with E-state index in [1.807, 2.05) is 23.9 Å². The number of piperidine rings is 1. The maximum atomic E-state index is 12.1. The Morgan fingerprint density at radius 3 is 2.89 bits per heavy atom. The lowest BCUT2D eigenvalue weighted by atomic mass is 10.0. The molecule has 1 aromatic heterocycles. The fraction of sp³-hybridized carbons (Fsp3) is 0.615. The van der Waals surface area contributed by atoms with Gasteiger partial charge in [0, 0.05) is 30.3 Å². The quantitative estimate of drug-likeness (QED) is 0.926. The molecule has 1 N–H and O–H groups in total. The summed E-state index contributed by atoms with van der Waals surface area (Å²) in [5, 5.41) is 3.03. The second-order valence-electron chi connectivity index (χ2n) is 4.99. The van der Waals surface area contributed by atoms with Gasteiger partial charge in [-0.15, -0.1) is 0 Å². The van der Waals surface area contributed by atoms with Crippen molar-refractivity contribution in [2.75, 3.05) is 20.1 Å². The van der Waals surface area contributed by atoms with E-state index in [2.05, 4.69) is 33.2 Å². The molecule has 0 saturated carbocycles. The third kappa shape index (κ3) is 3.14. The first kappa shape index (κ1) is 13.6. The van der Waals surface area contributed by atoms with Crippen LogP contribution in [0.5, 0.6) is 0 Å². The summed E-state index contributed by atoms with van der Waals surface area (Å²) in [6.45, 7) is 1.87. The first-order valence-corrected chi connectivity index (χ1v) is 7.17. The highest BCUT2D eigenvalue weighted by Gasteiger charge is 2.20. The van der Waals surface area contributed by atoms with Gasteiger partial charge in [-0.2, -0.15) is 0 Å². The number of likely N-dealkylation sites (N-methyl/N-ethyl adjacent to an activating group) is 1. The van der Waals surface area contributed by atoms with E-state index in [0.29, 0.717) is 11.7 Å². The van der Waals surface area contributed by atoms with Gasteiger partial charge in [-0.1, -0.05) is 6.42 Å². The third-order valence-corrected chi connectivity index (χ3v) is 4.06. The van der Waals surface area contributed by atoms with Gasteiger partial charge >= 0.3 is 0 Å². The van der Waals surface area contributed by atoms with E-state index in [0.717, 1.165) is 17.6 Å². The molecule has 1 fully saturated rings. The molecule has 1 unspecified atom stereocenters. The molecule has 1 aromatic rings. The molecule has 4 nitrogen and oxygen atoms in total. The molecule has 1 atom stereocenters. The summed E-state index contributed by atoms with van der Waals surface area (Å²) < 4.78 is 2.77. The van der Waals surface area contributed by atoms with Crippen LogP contribution < -0.4 is 5.32 Å². The number of rotatable bonds is 3. The SMILES string of the molecule is CN1CCCCC1CNC(=O)c1cc(Br)cn1C. The topological polar surface area (TPSA) is 37.3 Å². The molecular weight excluding hydrogens is 294 g/mol. The standard InChI is InChI=1S/C13H20BrN3O/c1-16-6-4-3-5-11(16)8-15-13(18)12-7-10(14)9-17(12)2/h7,9,11H,3-6,8H2,1-2H3,(H,15,18). The molecule has 0 bridgehead atoms. The van der Waals surface area contributed by atoms with Gasteiger partial charge in [0.25, 0.3) is 5.91 Å². The molecule has 2 heterocycles. The first-order chi connectivity index (χ1) is 8.58. The highest BCUT2D eigenvalue weighted by atomic mass is 79.9. The maximum Gasteiger partial charge on any atom is 0.267 e. The molecule has 1 aliphatic rings. The van der Waals surface area contributed by atoms with Gasteiger partial charge in [0.15, 0.2) is 0 Å². The average molecular weight is 314 g/mol. The number of aryl methyl sites for hydroxylation is 1. The highest BCUT2D eigenvalue weighted by Crippen LogP contribution is 2.15. The molecule has 0 radical (unpaired) electrons. The smallest absolute Gasteiger partial charge is 0.267 e. The van der Waals surface area contributed by atoms with Crippen LogP contribution in [0.1, 0.15) is 29.8 Å². The van der Waals surface area contributed by atoms with Gasteiger partial charge in [-0.05, 0) is 48.4 Å². The maximum absolute atomic E-state index is 12.1. The zero-order chi connectivity index (χ0) is 13.1.